The number of ether oxygens (including phenoxy) is 2. The van der Waals surface area contributed by atoms with Crippen molar-refractivity contribution in [3.63, 3.8) is 0 Å². The summed E-state index contributed by atoms with van der Waals surface area (Å²) < 4.78 is 10.6. The summed E-state index contributed by atoms with van der Waals surface area (Å²) in [6, 6.07) is 0. The van der Waals surface area contributed by atoms with Gasteiger partial charge in [-0.2, -0.15) is 0 Å². The van der Waals surface area contributed by atoms with E-state index in [1.807, 2.05) is 0 Å². The van der Waals surface area contributed by atoms with E-state index in [4.69, 9.17) is 21.1 Å². The van der Waals surface area contributed by atoms with E-state index < -0.39 is 0 Å². The molecule has 0 amide bonds. The second kappa shape index (κ2) is 8.94. The third-order valence-electron chi connectivity index (χ3n) is 2.36. The highest BCUT2D eigenvalue weighted by Gasteiger charge is 2.08. The minimum Gasteiger partial charge on any atom is -0.490 e. The summed E-state index contributed by atoms with van der Waals surface area (Å²) in [7, 11) is 1.55. The third kappa shape index (κ3) is 5.06. The van der Waals surface area contributed by atoms with Gasteiger partial charge >= 0.3 is 0 Å². The molecule has 6 heteroatoms. The van der Waals surface area contributed by atoms with Gasteiger partial charge in [0.15, 0.2) is 16.7 Å². The summed E-state index contributed by atoms with van der Waals surface area (Å²) in [5.41, 5.74) is 0. The summed E-state index contributed by atoms with van der Waals surface area (Å²) >= 11 is 5.89. The first-order chi connectivity index (χ1) is 8.79. The molecule has 0 aliphatic carbocycles. The smallest absolute Gasteiger partial charge is 0.198 e. The van der Waals surface area contributed by atoms with E-state index in [0.29, 0.717) is 16.7 Å². The molecule has 18 heavy (non-hydrogen) atoms. The Balaban J connectivity index is 2.25. The van der Waals surface area contributed by atoms with Crippen molar-refractivity contribution >= 4 is 17.4 Å². The van der Waals surface area contributed by atoms with Crippen molar-refractivity contribution in [2.75, 3.05) is 32.2 Å². The maximum absolute atomic E-state index is 5.89. The van der Waals surface area contributed by atoms with Crippen LogP contribution >= 0.6 is 11.6 Å². The molecule has 0 aromatic carbocycles. The zero-order chi connectivity index (χ0) is 13.2. The lowest BCUT2D eigenvalue weighted by atomic mass is 10.3. The second-order valence-corrected chi connectivity index (χ2v) is 4.15. The summed E-state index contributed by atoms with van der Waals surface area (Å²) in [4.78, 5) is 7.94. The highest BCUT2D eigenvalue weighted by Crippen LogP contribution is 2.27. The molecule has 0 unspecified atom stereocenters. The second-order valence-electron chi connectivity index (χ2n) is 3.79. The van der Waals surface area contributed by atoms with Crippen molar-refractivity contribution in [1.82, 2.24) is 9.97 Å². The summed E-state index contributed by atoms with van der Waals surface area (Å²) in [5, 5.41) is 3.47. The van der Waals surface area contributed by atoms with E-state index >= 15 is 0 Å². The number of aromatic nitrogens is 2. The fourth-order valence-electron chi connectivity index (χ4n) is 1.39. The molecule has 1 rings (SSSR count). The van der Waals surface area contributed by atoms with Crippen molar-refractivity contribution in [3.05, 3.63) is 11.5 Å². The standard InChI is InChI=1S/C12H20ClN3O2/c1-3-4-7-18-8-5-6-14-12-10(17-2)11(13)15-9-16-12/h9H,3-8H2,1-2H3,(H,14,15,16). The SMILES string of the molecule is CCCCOCCCNc1ncnc(Cl)c1OC. The number of halogens is 1. The maximum atomic E-state index is 5.89. The number of methoxy groups -OCH3 is 1. The van der Waals surface area contributed by atoms with Crippen molar-refractivity contribution in [1.29, 1.82) is 0 Å². The molecule has 5 nitrogen and oxygen atoms in total. The molecular weight excluding hydrogens is 254 g/mol. The third-order valence-corrected chi connectivity index (χ3v) is 2.63. The molecule has 0 fully saturated rings. The Morgan fingerprint density at radius 2 is 2.06 bits per heavy atom. The normalized spacial score (nSPS) is 10.4. The topological polar surface area (TPSA) is 56.3 Å². The van der Waals surface area contributed by atoms with Crippen molar-refractivity contribution < 1.29 is 9.47 Å². The van der Waals surface area contributed by atoms with Crippen molar-refractivity contribution in [2.45, 2.75) is 26.2 Å². The quantitative estimate of drug-likeness (QED) is 0.554. The summed E-state index contributed by atoms with van der Waals surface area (Å²) in [6.07, 6.45) is 4.59. The van der Waals surface area contributed by atoms with Gasteiger partial charge in [0.1, 0.15) is 6.33 Å². The van der Waals surface area contributed by atoms with Crippen LogP contribution in [0.25, 0.3) is 0 Å². The number of rotatable bonds is 9. The number of unbranched alkanes of at least 4 members (excludes halogenated alkanes) is 1. The average molecular weight is 274 g/mol. The molecule has 0 bridgehead atoms. The van der Waals surface area contributed by atoms with Crippen LogP contribution in [0.15, 0.2) is 6.33 Å². The largest absolute Gasteiger partial charge is 0.490 e. The maximum Gasteiger partial charge on any atom is 0.198 e. The molecule has 0 saturated carbocycles. The first-order valence-corrected chi connectivity index (χ1v) is 6.53. The van der Waals surface area contributed by atoms with E-state index in [0.717, 1.165) is 39.0 Å². The first-order valence-electron chi connectivity index (χ1n) is 6.15. The Kier molecular flexibility index (Phi) is 7.44. The molecular formula is C12H20ClN3O2. The van der Waals surface area contributed by atoms with Gasteiger partial charge in [-0.25, -0.2) is 9.97 Å². The van der Waals surface area contributed by atoms with Gasteiger partial charge < -0.3 is 14.8 Å². The van der Waals surface area contributed by atoms with Crippen LogP contribution in [0.3, 0.4) is 0 Å². The lowest BCUT2D eigenvalue weighted by Gasteiger charge is -2.10. The van der Waals surface area contributed by atoms with Gasteiger partial charge in [0.05, 0.1) is 7.11 Å². The van der Waals surface area contributed by atoms with Crippen LogP contribution in [0.2, 0.25) is 5.15 Å². The fraction of sp³-hybridized carbons (Fsp3) is 0.667. The molecule has 102 valence electrons. The van der Waals surface area contributed by atoms with Gasteiger partial charge in [-0.05, 0) is 12.8 Å². The zero-order valence-electron chi connectivity index (χ0n) is 10.9. The number of anilines is 1. The van der Waals surface area contributed by atoms with Crippen LogP contribution in [-0.2, 0) is 4.74 Å². The molecule has 1 heterocycles. The predicted octanol–water partition coefficient (Wildman–Crippen LogP) is 2.76. The first kappa shape index (κ1) is 15.0. The van der Waals surface area contributed by atoms with Gasteiger partial charge in [0.25, 0.3) is 0 Å². The molecule has 1 N–H and O–H groups in total. The van der Waals surface area contributed by atoms with E-state index in [-0.39, 0.29) is 0 Å². The highest BCUT2D eigenvalue weighted by atomic mass is 35.5. The molecule has 0 aliphatic rings. The van der Waals surface area contributed by atoms with Crippen LogP contribution in [0, 0.1) is 0 Å². The minimum absolute atomic E-state index is 0.314. The van der Waals surface area contributed by atoms with Crippen LogP contribution in [0.4, 0.5) is 5.82 Å². The van der Waals surface area contributed by atoms with Gasteiger partial charge in [-0.15, -0.1) is 0 Å². The number of hydrogen-bond acceptors (Lipinski definition) is 5. The zero-order valence-corrected chi connectivity index (χ0v) is 11.7. The number of hydrogen-bond donors (Lipinski definition) is 1. The van der Waals surface area contributed by atoms with Gasteiger partial charge in [0.2, 0.25) is 0 Å². The lowest BCUT2D eigenvalue weighted by Crippen LogP contribution is -2.09. The Bertz CT molecular complexity index is 350. The van der Waals surface area contributed by atoms with Crippen molar-refractivity contribution in [3.8, 4) is 5.75 Å². The molecule has 0 aliphatic heterocycles. The number of nitrogens with one attached hydrogen (secondary N) is 1. The monoisotopic (exact) mass is 273 g/mol. The fourth-order valence-corrected chi connectivity index (χ4v) is 1.60. The summed E-state index contributed by atoms with van der Waals surface area (Å²) in [6.45, 7) is 4.49. The van der Waals surface area contributed by atoms with Gasteiger partial charge in [-0.3, -0.25) is 0 Å². The number of nitrogens with zero attached hydrogens (tertiary/aromatic N) is 2. The minimum atomic E-state index is 0.314. The molecule has 0 atom stereocenters. The lowest BCUT2D eigenvalue weighted by molar-refractivity contribution is 0.131. The van der Waals surface area contributed by atoms with Gasteiger partial charge in [-0.1, -0.05) is 24.9 Å². The molecule has 0 saturated heterocycles. The Labute approximate surface area is 113 Å². The van der Waals surface area contributed by atoms with Crippen LogP contribution in [0.1, 0.15) is 26.2 Å². The molecule has 0 spiro atoms. The van der Waals surface area contributed by atoms with Crippen LogP contribution in [-0.4, -0.2) is 36.8 Å². The Hall–Kier alpha value is -1.07. The highest BCUT2D eigenvalue weighted by molar-refractivity contribution is 6.31. The molecule has 0 radical (unpaired) electrons. The van der Waals surface area contributed by atoms with Crippen molar-refractivity contribution in [2.24, 2.45) is 0 Å². The summed E-state index contributed by atoms with van der Waals surface area (Å²) in [5.74, 6) is 1.09. The van der Waals surface area contributed by atoms with E-state index in [9.17, 15) is 0 Å². The van der Waals surface area contributed by atoms with E-state index in [1.54, 1.807) is 7.11 Å². The molecule has 1 aromatic heterocycles. The Morgan fingerprint density at radius 1 is 1.28 bits per heavy atom. The van der Waals surface area contributed by atoms with Crippen LogP contribution in [0.5, 0.6) is 5.75 Å². The van der Waals surface area contributed by atoms with E-state index in [1.165, 1.54) is 6.33 Å². The Morgan fingerprint density at radius 3 is 2.78 bits per heavy atom. The average Bonchev–Trinajstić information content (AvgIpc) is 2.38. The van der Waals surface area contributed by atoms with Gasteiger partial charge in [0, 0.05) is 19.8 Å². The predicted molar refractivity (Wildman–Crippen MR) is 72.4 cm³/mol. The van der Waals surface area contributed by atoms with E-state index in [2.05, 4.69) is 22.2 Å². The van der Waals surface area contributed by atoms with Crippen LogP contribution < -0.4 is 10.1 Å². The molecule has 1 aromatic rings.